The van der Waals surface area contributed by atoms with Gasteiger partial charge in [-0.25, -0.2) is 0 Å². The number of hydrogen-bond acceptors (Lipinski definition) is 0. The molecule has 0 atom stereocenters. The maximum Gasteiger partial charge on any atom is 1.00 e. The van der Waals surface area contributed by atoms with Crippen molar-refractivity contribution in [3.05, 3.63) is 0 Å². The molecule has 0 fully saturated rings. The zero-order valence-corrected chi connectivity index (χ0v) is 9.96. The minimum absolute atomic E-state index is 0. The van der Waals surface area contributed by atoms with Crippen LogP contribution in [-0.4, -0.2) is 16.3 Å². The molecular formula is C2H7AlClK. The van der Waals surface area contributed by atoms with Crippen LogP contribution in [0.25, 0.3) is 0 Å². The van der Waals surface area contributed by atoms with E-state index in [1.807, 2.05) is 0 Å². The van der Waals surface area contributed by atoms with E-state index in [1.165, 1.54) is 21.6 Å². The van der Waals surface area contributed by atoms with Crippen LogP contribution in [0.2, 0.25) is 5.28 Å². The predicted molar refractivity (Wildman–Crippen MR) is 19.0 cm³/mol. The number of hydrogen-bond donors (Lipinski definition) is 0. The Morgan fingerprint density at radius 1 is 1.60 bits per heavy atom. The Hall–Kier alpha value is 2.46. The summed E-state index contributed by atoms with van der Waals surface area (Å²) in [4.78, 5) is 0. The third-order valence-electron chi connectivity index (χ3n) is 0. The Kier molecular flexibility index (Phi) is 50.4. The molecule has 0 radical (unpaired) electrons. The van der Waals surface area contributed by atoms with Crippen LogP contribution >= 0.6 is 0 Å². The first-order chi connectivity index (χ1) is 1.41. The molecule has 0 aliphatic rings. The first-order valence-corrected chi connectivity index (χ1v) is 2.83. The quantitative estimate of drug-likeness (QED) is 0.288. The summed E-state index contributed by atoms with van der Waals surface area (Å²) in [5, 5.41) is 1.39. The summed E-state index contributed by atoms with van der Waals surface area (Å²) >= 11 is 1.37. The van der Waals surface area contributed by atoms with Crippen molar-refractivity contribution in [2.75, 3.05) is 0 Å². The van der Waals surface area contributed by atoms with Crippen molar-refractivity contribution in [2.45, 2.75) is 12.2 Å². The van der Waals surface area contributed by atoms with Crippen molar-refractivity contribution >= 4 is 16.3 Å². The van der Waals surface area contributed by atoms with Gasteiger partial charge >= 0.3 is 51.4 Å². The van der Waals surface area contributed by atoms with Crippen LogP contribution in [0.1, 0.15) is 6.92 Å². The van der Waals surface area contributed by atoms with E-state index in [9.17, 15) is 0 Å². The van der Waals surface area contributed by atoms with E-state index in [0.29, 0.717) is 0 Å². The molecule has 0 nitrogen and oxygen atoms in total. The molecule has 0 aromatic heterocycles. The Bertz CT molecular complexity index is 9.61. The van der Waals surface area contributed by atoms with Crippen molar-refractivity contribution in [3.63, 3.8) is 0 Å². The molecule has 0 heterocycles. The minimum atomic E-state index is 0. The molecule has 0 bridgehead atoms. The minimum Gasteiger partial charge on any atom is -1.00 e. The van der Waals surface area contributed by atoms with Crippen LogP contribution in [0.4, 0.5) is 0 Å². The summed E-state index contributed by atoms with van der Waals surface area (Å²) < 4.78 is 0. The molecule has 0 saturated carbocycles. The number of halogens is 1. The van der Waals surface area contributed by atoms with Crippen molar-refractivity contribution in [2.24, 2.45) is 0 Å². The molecule has 0 aliphatic carbocycles. The van der Waals surface area contributed by atoms with E-state index in [1.54, 1.807) is 0 Å². The normalized spacial score (nSPS) is 3.40. The zero-order valence-electron chi connectivity index (χ0n) is 4.09. The van der Waals surface area contributed by atoms with Crippen LogP contribution < -0.4 is 63.8 Å². The molecule has 0 rings (SSSR count). The Labute approximate surface area is 90.3 Å². The molecule has 0 aliphatic heterocycles. The van der Waals surface area contributed by atoms with Gasteiger partial charge in [0.1, 0.15) is 0 Å². The molecule has 26 valence electrons. The topological polar surface area (TPSA) is 0 Å². The van der Waals surface area contributed by atoms with E-state index < -0.39 is 0 Å². The van der Waals surface area contributed by atoms with Crippen molar-refractivity contribution in [1.29, 1.82) is 0 Å². The molecule has 0 unspecified atom stereocenters. The fourth-order valence-electron chi connectivity index (χ4n) is 0. The smallest absolute Gasteiger partial charge is 1.00 e. The first kappa shape index (κ1) is 15.7. The summed E-state index contributed by atoms with van der Waals surface area (Å²) in [6, 6.07) is 0. The van der Waals surface area contributed by atoms with Gasteiger partial charge in [-0.15, -0.1) is 5.28 Å². The van der Waals surface area contributed by atoms with Crippen molar-refractivity contribution in [3.8, 4) is 0 Å². The predicted octanol–water partition coefficient (Wildman–Crippen LogP) is -5.93. The van der Waals surface area contributed by atoms with Gasteiger partial charge in [0.15, 0.2) is 0 Å². The van der Waals surface area contributed by atoms with Crippen LogP contribution in [0.5, 0.6) is 0 Å². The van der Waals surface area contributed by atoms with E-state index in [4.69, 9.17) is 0 Å². The fourth-order valence-corrected chi connectivity index (χ4v) is 0. The Morgan fingerprint density at radius 2 is 1.60 bits per heavy atom. The molecule has 0 amide bonds. The van der Waals surface area contributed by atoms with E-state index in [-0.39, 0.29) is 63.8 Å². The third-order valence-corrected chi connectivity index (χ3v) is 0. The van der Waals surface area contributed by atoms with Crippen LogP contribution in [0.15, 0.2) is 0 Å². The van der Waals surface area contributed by atoms with Gasteiger partial charge in [0.05, 0.1) is 0 Å². The second kappa shape index (κ2) is 16.1. The SMILES string of the molecule is C[CH2][AlH2].[Cl-].[K+]. The molecule has 0 aromatic carbocycles. The average molecular weight is 133 g/mol. The molecule has 0 N–H and O–H groups in total. The van der Waals surface area contributed by atoms with E-state index in [2.05, 4.69) is 6.92 Å². The summed E-state index contributed by atoms with van der Waals surface area (Å²) in [5.41, 5.74) is 0. The van der Waals surface area contributed by atoms with Crippen LogP contribution in [0, 0.1) is 0 Å². The standard InChI is InChI=1S/C2H5.Al.ClH.K.2H/c1-2;;;;;/h1H2,2H3;;1H;;;/q;;;+1;;/p-1. The molecule has 0 aromatic rings. The van der Waals surface area contributed by atoms with E-state index in [0.717, 1.165) is 0 Å². The van der Waals surface area contributed by atoms with Gasteiger partial charge in [-0.1, -0.05) is 6.92 Å². The van der Waals surface area contributed by atoms with Gasteiger partial charge < -0.3 is 12.4 Å². The number of rotatable bonds is 0. The average Bonchev–Trinajstić information content (AvgIpc) is 0.918. The summed E-state index contributed by atoms with van der Waals surface area (Å²) in [7, 11) is 0. The molecule has 5 heavy (non-hydrogen) atoms. The zero-order chi connectivity index (χ0) is 2.71. The van der Waals surface area contributed by atoms with Gasteiger partial charge in [-0.3, -0.25) is 0 Å². The largest absolute Gasteiger partial charge is 1.00 e. The maximum absolute atomic E-state index is 2.19. The second-order valence-corrected chi connectivity index (χ2v) is 2.12. The molecule has 0 saturated heterocycles. The van der Waals surface area contributed by atoms with Crippen LogP contribution in [-0.2, 0) is 0 Å². The van der Waals surface area contributed by atoms with E-state index >= 15 is 0 Å². The molecule has 3 heteroatoms. The van der Waals surface area contributed by atoms with Crippen LogP contribution in [0.3, 0.4) is 0 Å². The first-order valence-electron chi connectivity index (χ1n) is 1.41. The summed E-state index contributed by atoms with van der Waals surface area (Å²) in [6.45, 7) is 2.19. The van der Waals surface area contributed by atoms with Gasteiger partial charge in [0.25, 0.3) is 0 Å². The van der Waals surface area contributed by atoms with Gasteiger partial charge in [0, 0.05) is 0 Å². The van der Waals surface area contributed by atoms with Gasteiger partial charge in [-0.2, -0.15) is 0 Å². The van der Waals surface area contributed by atoms with Crippen molar-refractivity contribution < 1.29 is 63.8 Å². The van der Waals surface area contributed by atoms with Gasteiger partial charge in [0.2, 0.25) is 16.3 Å². The van der Waals surface area contributed by atoms with Crippen molar-refractivity contribution in [1.82, 2.24) is 0 Å². The van der Waals surface area contributed by atoms with Gasteiger partial charge in [-0.05, 0) is 0 Å². The Morgan fingerprint density at radius 3 is 1.60 bits per heavy atom. The maximum atomic E-state index is 2.19. The second-order valence-electron chi connectivity index (χ2n) is 0.707. The summed E-state index contributed by atoms with van der Waals surface area (Å²) in [6.07, 6.45) is 0. The summed E-state index contributed by atoms with van der Waals surface area (Å²) in [5.74, 6) is 0. The fraction of sp³-hybridized carbons (Fsp3) is 1.00. The monoisotopic (exact) mass is 132 g/mol. The molecule has 0 spiro atoms. The molecular weight excluding hydrogens is 126 g/mol. The third kappa shape index (κ3) is 21.2. The Balaban J connectivity index is -0.0000000200.